The molecule has 5 rings (SSSR count). The molecule has 0 atom stereocenters. The number of para-hydroxylation sites is 2. The van der Waals surface area contributed by atoms with E-state index in [4.69, 9.17) is 0 Å². The van der Waals surface area contributed by atoms with Gasteiger partial charge in [0.1, 0.15) is 11.6 Å². The lowest BCUT2D eigenvalue weighted by Crippen LogP contribution is -2.09. The van der Waals surface area contributed by atoms with Crippen LogP contribution in [0.3, 0.4) is 0 Å². The minimum absolute atomic E-state index is 0.466. The van der Waals surface area contributed by atoms with Gasteiger partial charge in [0, 0.05) is 28.8 Å². The summed E-state index contributed by atoms with van der Waals surface area (Å²) in [5, 5.41) is 13.6. The molecule has 0 radical (unpaired) electrons. The number of anilines is 3. The Morgan fingerprint density at radius 2 is 1.33 bits per heavy atom. The average Bonchev–Trinajstić information content (AvgIpc) is 3.25. The van der Waals surface area contributed by atoms with E-state index in [2.05, 4.69) is 69.6 Å². The smallest absolute Gasteiger partial charge is 0.173 e. The molecule has 0 N–H and O–H groups in total. The van der Waals surface area contributed by atoms with Crippen molar-refractivity contribution in [2.24, 2.45) is 0 Å². The van der Waals surface area contributed by atoms with Gasteiger partial charge in [0.15, 0.2) is 5.65 Å². The minimum atomic E-state index is 0.466. The van der Waals surface area contributed by atoms with Crippen molar-refractivity contribution in [3.8, 4) is 17.3 Å². The average molecular weight is 387 g/mol. The van der Waals surface area contributed by atoms with Crippen molar-refractivity contribution < 1.29 is 0 Å². The Hall–Kier alpha value is -4.43. The summed E-state index contributed by atoms with van der Waals surface area (Å²) in [6.07, 6.45) is 3.26. The standard InChI is InChI=1S/C25H17N5/c26-17-20-18-28-30-24(15-16-27-25(20)30)19-11-13-23(14-12-19)29(21-7-3-1-4-8-21)22-9-5-2-6-10-22/h1-16,18H. The van der Waals surface area contributed by atoms with Gasteiger partial charge < -0.3 is 4.90 Å². The topological polar surface area (TPSA) is 57.2 Å². The molecule has 142 valence electrons. The largest absolute Gasteiger partial charge is 0.311 e. The number of hydrogen-bond acceptors (Lipinski definition) is 4. The maximum absolute atomic E-state index is 9.25. The van der Waals surface area contributed by atoms with Gasteiger partial charge in [-0.3, -0.25) is 0 Å². The molecule has 0 saturated carbocycles. The Kier molecular flexibility index (Phi) is 4.43. The second-order valence-corrected chi connectivity index (χ2v) is 6.79. The third kappa shape index (κ3) is 3.07. The highest BCUT2D eigenvalue weighted by Crippen LogP contribution is 2.35. The number of nitriles is 1. The van der Waals surface area contributed by atoms with Crippen molar-refractivity contribution in [1.82, 2.24) is 14.6 Å². The van der Waals surface area contributed by atoms with Gasteiger partial charge in [-0.2, -0.15) is 10.4 Å². The van der Waals surface area contributed by atoms with Gasteiger partial charge in [-0.1, -0.05) is 48.5 Å². The molecule has 5 heteroatoms. The number of hydrogen-bond donors (Lipinski definition) is 0. The monoisotopic (exact) mass is 387 g/mol. The lowest BCUT2D eigenvalue weighted by atomic mass is 10.1. The molecule has 0 bridgehead atoms. The van der Waals surface area contributed by atoms with Crippen LogP contribution in [-0.4, -0.2) is 14.6 Å². The van der Waals surface area contributed by atoms with Crippen molar-refractivity contribution in [3.63, 3.8) is 0 Å². The molecule has 30 heavy (non-hydrogen) atoms. The van der Waals surface area contributed by atoms with Crippen LogP contribution in [0.1, 0.15) is 5.56 Å². The maximum atomic E-state index is 9.25. The van der Waals surface area contributed by atoms with Crippen LogP contribution in [0, 0.1) is 11.3 Å². The number of fused-ring (bicyclic) bond motifs is 1. The summed E-state index contributed by atoms with van der Waals surface area (Å²) in [7, 11) is 0. The van der Waals surface area contributed by atoms with Gasteiger partial charge in [0.25, 0.3) is 0 Å². The molecule has 0 aliphatic carbocycles. The van der Waals surface area contributed by atoms with Crippen LogP contribution in [0.4, 0.5) is 17.1 Å². The van der Waals surface area contributed by atoms with E-state index in [9.17, 15) is 5.26 Å². The first-order chi connectivity index (χ1) is 14.8. The molecule has 0 aliphatic rings. The highest BCUT2D eigenvalue weighted by atomic mass is 15.3. The molecular formula is C25H17N5. The first-order valence-electron chi connectivity index (χ1n) is 9.59. The van der Waals surface area contributed by atoms with Crippen molar-refractivity contribution in [2.45, 2.75) is 0 Å². The van der Waals surface area contributed by atoms with Gasteiger partial charge in [0.05, 0.1) is 11.9 Å². The molecule has 0 saturated heterocycles. The van der Waals surface area contributed by atoms with E-state index >= 15 is 0 Å². The number of aromatic nitrogens is 3. The molecule has 0 spiro atoms. The van der Waals surface area contributed by atoms with Crippen molar-refractivity contribution in [2.75, 3.05) is 4.90 Å². The van der Waals surface area contributed by atoms with Gasteiger partial charge >= 0.3 is 0 Å². The Bertz CT molecular complexity index is 1290. The molecule has 5 aromatic rings. The van der Waals surface area contributed by atoms with Crippen molar-refractivity contribution in [1.29, 1.82) is 5.26 Å². The third-order valence-corrected chi connectivity index (χ3v) is 4.97. The zero-order chi connectivity index (χ0) is 20.3. The fourth-order valence-corrected chi connectivity index (χ4v) is 3.57. The first-order valence-corrected chi connectivity index (χ1v) is 9.59. The van der Waals surface area contributed by atoms with E-state index < -0.39 is 0 Å². The third-order valence-electron chi connectivity index (χ3n) is 4.97. The van der Waals surface area contributed by atoms with Crippen LogP contribution in [0.5, 0.6) is 0 Å². The fraction of sp³-hybridized carbons (Fsp3) is 0. The van der Waals surface area contributed by atoms with E-state index in [1.165, 1.54) is 0 Å². The highest BCUT2D eigenvalue weighted by Gasteiger charge is 2.13. The number of rotatable bonds is 4. The van der Waals surface area contributed by atoms with Crippen LogP contribution < -0.4 is 4.90 Å². The van der Waals surface area contributed by atoms with E-state index in [1.807, 2.05) is 42.5 Å². The number of benzene rings is 3. The van der Waals surface area contributed by atoms with E-state index in [0.717, 1.165) is 28.3 Å². The van der Waals surface area contributed by atoms with Gasteiger partial charge in [-0.15, -0.1) is 0 Å². The molecule has 5 nitrogen and oxygen atoms in total. The molecule has 0 amide bonds. The predicted octanol–water partition coefficient (Wildman–Crippen LogP) is 5.74. The lowest BCUT2D eigenvalue weighted by molar-refractivity contribution is 0.948. The summed E-state index contributed by atoms with van der Waals surface area (Å²) in [4.78, 5) is 6.51. The first kappa shape index (κ1) is 17.7. The Morgan fingerprint density at radius 1 is 0.733 bits per heavy atom. The SMILES string of the molecule is N#Cc1cnn2c(-c3ccc(N(c4ccccc4)c4ccccc4)cc3)ccnc12. The molecular weight excluding hydrogens is 370 g/mol. The predicted molar refractivity (Wildman–Crippen MR) is 118 cm³/mol. The van der Waals surface area contributed by atoms with Gasteiger partial charge in [0.2, 0.25) is 0 Å². The molecule has 0 unspecified atom stereocenters. The van der Waals surface area contributed by atoms with E-state index in [-0.39, 0.29) is 0 Å². The molecule has 0 aliphatic heterocycles. The van der Waals surface area contributed by atoms with Gasteiger partial charge in [-0.05, 0) is 42.5 Å². The zero-order valence-electron chi connectivity index (χ0n) is 16.1. The highest BCUT2D eigenvalue weighted by molar-refractivity contribution is 5.78. The maximum Gasteiger partial charge on any atom is 0.173 e. The molecule has 0 fully saturated rings. The van der Waals surface area contributed by atoms with Crippen LogP contribution in [0.15, 0.2) is 103 Å². The lowest BCUT2D eigenvalue weighted by Gasteiger charge is -2.25. The van der Waals surface area contributed by atoms with Crippen LogP contribution in [-0.2, 0) is 0 Å². The van der Waals surface area contributed by atoms with Crippen molar-refractivity contribution >= 4 is 22.7 Å². The molecule has 3 aromatic carbocycles. The Morgan fingerprint density at radius 3 is 1.93 bits per heavy atom. The quantitative estimate of drug-likeness (QED) is 0.395. The van der Waals surface area contributed by atoms with Crippen LogP contribution >= 0.6 is 0 Å². The van der Waals surface area contributed by atoms with Gasteiger partial charge in [-0.25, -0.2) is 9.50 Å². The summed E-state index contributed by atoms with van der Waals surface area (Å²) < 4.78 is 1.71. The molecule has 2 aromatic heterocycles. The van der Waals surface area contributed by atoms with Crippen molar-refractivity contribution in [3.05, 3.63) is 109 Å². The summed E-state index contributed by atoms with van der Waals surface area (Å²) >= 11 is 0. The number of nitrogens with zero attached hydrogens (tertiary/aromatic N) is 5. The van der Waals surface area contributed by atoms with E-state index in [1.54, 1.807) is 16.9 Å². The summed E-state index contributed by atoms with van der Waals surface area (Å²) in [5.74, 6) is 0. The summed E-state index contributed by atoms with van der Waals surface area (Å²) in [6, 6.07) is 32.9. The summed E-state index contributed by atoms with van der Waals surface area (Å²) in [5.41, 5.74) is 6.16. The second kappa shape index (κ2) is 7.53. The van der Waals surface area contributed by atoms with Crippen LogP contribution in [0.25, 0.3) is 16.9 Å². The zero-order valence-corrected chi connectivity index (χ0v) is 16.1. The molecule has 2 heterocycles. The summed E-state index contributed by atoms with van der Waals surface area (Å²) in [6.45, 7) is 0. The van der Waals surface area contributed by atoms with Crippen LogP contribution in [0.2, 0.25) is 0 Å². The normalized spacial score (nSPS) is 10.6. The van der Waals surface area contributed by atoms with E-state index in [0.29, 0.717) is 11.2 Å². The second-order valence-electron chi connectivity index (χ2n) is 6.79. The minimum Gasteiger partial charge on any atom is -0.311 e. The fourth-order valence-electron chi connectivity index (χ4n) is 3.57. The Labute approximate surface area is 174 Å². The Balaban J connectivity index is 1.59.